The third-order valence-corrected chi connectivity index (χ3v) is 5.48. The number of fused-ring (bicyclic) bond motifs is 2. The van der Waals surface area contributed by atoms with Crippen LogP contribution in [-0.4, -0.2) is 43.2 Å². The van der Waals surface area contributed by atoms with E-state index < -0.39 is 0 Å². The Hall–Kier alpha value is -1.75. The Kier molecular flexibility index (Phi) is 4.60. The number of benzene rings is 1. The lowest BCUT2D eigenvalue weighted by molar-refractivity contribution is -0.121. The second kappa shape index (κ2) is 7.01. The van der Waals surface area contributed by atoms with Crippen LogP contribution < -0.4 is 14.8 Å². The number of hydrogen-bond acceptors (Lipinski definition) is 4. The summed E-state index contributed by atoms with van der Waals surface area (Å²) in [7, 11) is 0. The smallest absolute Gasteiger partial charge is 0.238 e. The Morgan fingerprint density at radius 3 is 2.75 bits per heavy atom. The minimum absolute atomic E-state index is 0.0622. The zero-order valence-electron chi connectivity index (χ0n) is 14.1. The van der Waals surface area contributed by atoms with Crippen molar-refractivity contribution in [2.24, 2.45) is 5.92 Å². The molecule has 0 bridgehead atoms. The highest BCUT2D eigenvalue weighted by atomic mass is 16.6. The zero-order chi connectivity index (χ0) is 16.4. The Labute approximate surface area is 143 Å². The predicted molar refractivity (Wildman–Crippen MR) is 92.6 cm³/mol. The maximum Gasteiger partial charge on any atom is 0.238 e. The molecule has 0 unspecified atom stereocenters. The molecule has 1 amide bonds. The van der Waals surface area contributed by atoms with Crippen molar-refractivity contribution in [3.8, 4) is 11.5 Å². The lowest BCUT2D eigenvalue weighted by Gasteiger charge is -2.49. The molecule has 5 heteroatoms. The van der Waals surface area contributed by atoms with E-state index in [0.717, 1.165) is 23.9 Å². The van der Waals surface area contributed by atoms with Crippen LogP contribution in [0, 0.1) is 5.92 Å². The molecule has 0 radical (unpaired) electrons. The van der Waals surface area contributed by atoms with Gasteiger partial charge in [0, 0.05) is 24.3 Å². The number of nitrogens with zero attached hydrogens (tertiary/aromatic N) is 1. The van der Waals surface area contributed by atoms with Gasteiger partial charge >= 0.3 is 0 Å². The first-order chi connectivity index (χ1) is 11.8. The minimum Gasteiger partial charge on any atom is -0.486 e. The van der Waals surface area contributed by atoms with E-state index in [9.17, 15) is 4.79 Å². The molecule has 24 heavy (non-hydrogen) atoms. The molecule has 2 atom stereocenters. The molecule has 0 aromatic heterocycles. The fourth-order valence-corrected chi connectivity index (χ4v) is 4.22. The molecule has 4 rings (SSSR count). The SMILES string of the molecule is O=C(CN1C[C@H]2CCCCCC[C@@H]21)Nc1ccc2c(c1)OCCO2. The van der Waals surface area contributed by atoms with Gasteiger partial charge in [0.15, 0.2) is 11.5 Å². The number of likely N-dealkylation sites (tertiary alicyclic amines) is 1. The molecule has 5 nitrogen and oxygen atoms in total. The van der Waals surface area contributed by atoms with Gasteiger partial charge < -0.3 is 14.8 Å². The second-order valence-electron chi connectivity index (χ2n) is 7.16. The van der Waals surface area contributed by atoms with Crippen LogP contribution in [0.2, 0.25) is 0 Å². The molecule has 2 heterocycles. The van der Waals surface area contributed by atoms with Gasteiger partial charge in [0.2, 0.25) is 5.91 Å². The summed E-state index contributed by atoms with van der Waals surface area (Å²) in [5, 5.41) is 3.00. The van der Waals surface area contributed by atoms with E-state index in [0.29, 0.717) is 31.5 Å². The third-order valence-electron chi connectivity index (χ3n) is 5.48. The van der Waals surface area contributed by atoms with E-state index in [4.69, 9.17) is 9.47 Å². The molecule has 2 fully saturated rings. The maximum atomic E-state index is 12.4. The van der Waals surface area contributed by atoms with Gasteiger partial charge in [-0.2, -0.15) is 0 Å². The number of carbonyl (C=O) groups is 1. The van der Waals surface area contributed by atoms with Crippen LogP contribution in [0.1, 0.15) is 38.5 Å². The molecule has 1 saturated carbocycles. The first-order valence-corrected chi connectivity index (χ1v) is 9.23. The van der Waals surface area contributed by atoms with Crippen molar-refractivity contribution in [1.82, 2.24) is 4.90 Å². The van der Waals surface area contributed by atoms with Gasteiger partial charge in [-0.1, -0.05) is 25.7 Å². The first kappa shape index (κ1) is 15.8. The summed E-state index contributed by atoms with van der Waals surface area (Å²) in [6.45, 7) is 2.71. The van der Waals surface area contributed by atoms with Crippen LogP contribution in [0.3, 0.4) is 0 Å². The fourth-order valence-electron chi connectivity index (χ4n) is 4.22. The van der Waals surface area contributed by atoms with Crippen molar-refractivity contribution < 1.29 is 14.3 Å². The van der Waals surface area contributed by atoms with E-state index >= 15 is 0 Å². The van der Waals surface area contributed by atoms with Crippen LogP contribution >= 0.6 is 0 Å². The molecule has 1 aliphatic carbocycles. The molecule has 1 saturated heterocycles. The van der Waals surface area contributed by atoms with Crippen LogP contribution in [0.25, 0.3) is 0 Å². The second-order valence-corrected chi connectivity index (χ2v) is 7.16. The van der Waals surface area contributed by atoms with E-state index in [1.54, 1.807) is 0 Å². The van der Waals surface area contributed by atoms with Crippen molar-refractivity contribution in [3.63, 3.8) is 0 Å². The zero-order valence-corrected chi connectivity index (χ0v) is 14.1. The van der Waals surface area contributed by atoms with Gasteiger partial charge in [0.25, 0.3) is 0 Å². The highest BCUT2D eigenvalue weighted by Gasteiger charge is 2.38. The maximum absolute atomic E-state index is 12.4. The highest BCUT2D eigenvalue weighted by molar-refractivity contribution is 5.92. The Morgan fingerprint density at radius 2 is 1.88 bits per heavy atom. The van der Waals surface area contributed by atoms with Crippen molar-refractivity contribution in [2.45, 2.75) is 44.6 Å². The standard InChI is InChI=1S/C19H26N2O3/c22-19(13-21-12-14-5-3-1-2-4-6-16(14)21)20-15-7-8-17-18(11-15)24-10-9-23-17/h7-8,11,14,16H,1-6,9-10,12-13H2,(H,20,22)/t14-,16+/m1/s1. The summed E-state index contributed by atoms with van der Waals surface area (Å²) in [5.74, 6) is 2.34. The average Bonchev–Trinajstić information content (AvgIpc) is 2.57. The van der Waals surface area contributed by atoms with Crippen molar-refractivity contribution in [1.29, 1.82) is 0 Å². The lowest BCUT2D eigenvalue weighted by Crippen LogP contribution is -2.58. The molecular weight excluding hydrogens is 304 g/mol. The summed E-state index contributed by atoms with van der Waals surface area (Å²) in [4.78, 5) is 14.7. The molecule has 0 spiro atoms. The van der Waals surface area contributed by atoms with Crippen molar-refractivity contribution in [3.05, 3.63) is 18.2 Å². The third kappa shape index (κ3) is 3.36. The number of anilines is 1. The van der Waals surface area contributed by atoms with Crippen LogP contribution in [0.4, 0.5) is 5.69 Å². The van der Waals surface area contributed by atoms with E-state index in [1.165, 1.54) is 38.5 Å². The van der Waals surface area contributed by atoms with Gasteiger partial charge in [0.1, 0.15) is 13.2 Å². The topological polar surface area (TPSA) is 50.8 Å². The van der Waals surface area contributed by atoms with E-state index in [2.05, 4.69) is 10.2 Å². The molecule has 2 aliphatic heterocycles. The van der Waals surface area contributed by atoms with E-state index in [-0.39, 0.29) is 5.91 Å². The molecular formula is C19H26N2O3. The average molecular weight is 330 g/mol. The quantitative estimate of drug-likeness (QED) is 0.925. The van der Waals surface area contributed by atoms with Crippen LogP contribution in [-0.2, 0) is 4.79 Å². The summed E-state index contributed by atoms with van der Waals surface area (Å²) >= 11 is 0. The minimum atomic E-state index is 0.0622. The largest absolute Gasteiger partial charge is 0.486 e. The van der Waals surface area contributed by atoms with Crippen LogP contribution in [0.5, 0.6) is 11.5 Å². The molecule has 3 aliphatic rings. The summed E-state index contributed by atoms with van der Waals surface area (Å²) in [6, 6.07) is 6.20. The molecule has 1 aromatic rings. The molecule has 1 aromatic carbocycles. The van der Waals surface area contributed by atoms with Gasteiger partial charge in [-0.25, -0.2) is 0 Å². The number of amides is 1. The number of hydrogen-bond donors (Lipinski definition) is 1. The number of rotatable bonds is 3. The summed E-state index contributed by atoms with van der Waals surface area (Å²) < 4.78 is 11.1. The molecule has 130 valence electrons. The van der Waals surface area contributed by atoms with Gasteiger partial charge in [-0.05, 0) is 30.9 Å². The summed E-state index contributed by atoms with van der Waals surface area (Å²) in [5.41, 5.74) is 0.777. The lowest BCUT2D eigenvalue weighted by atomic mass is 9.79. The highest BCUT2D eigenvalue weighted by Crippen LogP contribution is 2.35. The number of carbonyl (C=O) groups excluding carboxylic acids is 1. The number of ether oxygens (including phenoxy) is 2. The fraction of sp³-hybridized carbons (Fsp3) is 0.632. The van der Waals surface area contributed by atoms with Crippen molar-refractivity contribution in [2.75, 3.05) is 31.6 Å². The normalized spacial score (nSPS) is 26.5. The van der Waals surface area contributed by atoms with Gasteiger partial charge in [-0.15, -0.1) is 0 Å². The first-order valence-electron chi connectivity index (χ1n) is 9.23. The summed E-state index contributed by atoms with van der Waals surface area (Å²) in [6.07, 6.45) is 7.99. The van der Waals surface area contributed by atoms with Crippen molar-refractivity contribution >= 4 is 11.6 Å². The van der Waals surface area contributed by atoms with Crippen LogP contribution in [0.15, 0.2) is 18.2 Å². The van der Waals surface area contributed by atoms with E-state index in [1.807, 2.05) is 18.2 Å². The molecule has 1 N–H and O–H groups in total. The monoisotopic (exact) mass is 330 g/mol. The van der Waals surface area contributed by atoms with Gasteiger partial charge in [0.05, 0.1) is 6.54 Å². The predicted octanol–water partition coefficient (Wildman–Crippen LogP) is 3.05. The van der Waals surface area contributed by atoms with Gasteiger partial charge in [-0.3, -0.25) is 9.69 Å². The Morgan fingerprint density at radius 1 is 1.08 bits per heavy atom. The number of nitrogens with one attached hydrogen (secondary N) is 1. The Balaban J connectivity index is 1.32. The Bertz CT molecular complexity index is 604.